The molecule has 3 unspecified atom stereocenters. The van der Waals surface area contributed by atoms with Gasteiger partial charge < -0.3 is 0 Å². The predicted molar refractivity (Wildman–Crippen MR) is 57.9 cm³/mol. The molecule has 2 fully saturated rings. The number of hydrogen-bond donors (Lipinski definition) is 1. The molecule has 1 aromatic rings. The minimum atomic E-state index is -2.72. The largest absolute Gasteiger partial charge is 0.297 e. The smallest absolute Gasteiger partial charge is 0.263 e. The molecule has 0 spiro atoms. The van der Waals surface area contributed by atoms with E-state index >= 15 is 0 Å². The van der Waals surface area contributed by atoms with Gasteiger partial charge in [-0.05, 0) is 24.6 Å². The number of benzene rings is 1. The zero-order chi connectivity index (χ0) is 12.2. The van der Waals surface area contributed by atoms with E-state index in [1.54, 1.807) is 0 Å². The van der Waals surface area contributed by atoms with E-state index in [1.165, 1.54) is 18.2 Å². The van der Waals surface area contributed by atoms with Gasteiger partial charge in [-0.25, -0.2) is 13.2 Å². The van der Waals surface area contributed by atoms with E-state index < -0.39 is 17.8 Å². The average Bonchev–Trinajstić information content (AvgIpc) is 2.97. The van der Waals surface area contributed by atoms with Crippen molar-refractivity contribution in [1.82, 2.24) is 5.48 Å². The Kier molecular flexibility index (Phi) is 2.50. The first-order valence-corrected chi connectivity index (χ1v) is 6.01. The molecule has 1 aromatic carbocycles. The van der Waals surface area contributed by atoms with E-state index in [-0.39, 0.29) is 17.6 Å². The lowest BCUT2D eigenvalue weighted by molar-refractivity contribution is -0.0567. The molecular formula is C11H9BrF3NO. The fraction of sp³-hybridized carbons (Fsp3) is 0.455. The Hall–Kier alpha value is -0.590. The lowest BCUT2D eigenvalue weighted by atomic mass is 9.86. The molecule has 0 bridgehead atoms. The number of rotatable bonds is 2. The third-order valence-electron chi connectivity index (χ3n) is 3.41. The third-order valence-corrected chi connectivity index (χ3v) is 3.91. The van der Waals surface area contributed by atoms with Gasteiger partial charge >= 0.3 is 0 Å². The number of alkyl halides is 2. The molecule has 0 radical (unpaired) electrons. The van der Waals surface area contributed by atoms with Crippen molar-refractivity contribution in [1.29, 1.82) is 0 Å². The van der Waals surface area contributed by atoms with Gasteiger partial charge in [-0.3, -0.25) is 4.84 Å². The van der Waals surface area contributed by atoms with Crippen LogP contribution in [0.2, 0.25) is 0 Å². The highest BCUT2D eigenvalue weighted by Gasteiger charge is 2.66. The van der Waals surface area contributed by atoms with Crippen molar-refractivity contribution in [3.05, 3.63) is 34.1 Å². The molecule has 1 aliphatic heterocycles. The van der Waals surface area contributed by atoms with Crippen molar-refractivity contribution in [2.75, 3.05) is 0 Å². The van der Waals surface area contributed by atoms with E-state index in [9.17, 15) is 13.2 Å². The maximum Gasteiger partial charge on any atom is 0.263 e. The molecule has 1 N–H and O–H groups in total. The fourth-order valence-corrected chi connectivity index (χ4v) is 2.78. The molecule has 1 aliphatic carbocycles. The number of hydroxylamine groups is 1. The Morgan fingerprint density at radius 3 is 2.76 bits per heavy atom. The zero-order valence-electron chi connectivity index (χ0n) is 8.59. The first kappa shape index (κ1) is 11.5. The summed E-state index contributed by atoms with van der Waals surface area (Å²) in [5, 5.41) is 0. The van der Waals surface area contributed by atoms with Crippen LogP contribution in [0.4, 0.5) is 13.2 Å². The van der Waals surface area contributed by atoms with Gasteiger partial charge in [-0.2, -0.15) is 5.48 Å². The molecule has 1 heterocycles. The predicted octanol–water partition coefficient (Wildman–Crippen LogP) is 2.97. The zero-order valence-corrected chi connectivity index (χ0v) is 10.2. The first-order valence-electron chi connectivity index (χ1n) is 5.22. The summed E-state index contributed by atoms with van der Waals surface area (Å²) in [6, 6.07) is 4.05. The van der Waals surface area contributed by atoms with Crippen LogP contribution in [0.25, 0.3) is 0 Å². The van der Waals surface area contributed by atoms with Crippen LogP contribution in [0.15, 0.2) is 22.7 Å². The SMILES string of the molecule is Fc1ccc(Br)cc1C1(C(F)F)NOC2CC21. The van der Waals surface area contributed by atoms with E-state index in [0.717, 1.165) is 0 Å². The summed E-state index contributed by atoms with van der Waals surface area (Å²) in [5.74, 6) is -0.997. The standard InChI is InChI=1S/C11H9BrF3NO/c12-5-1-2-8(13)6(3-5)11(10(14)15)7-4-9(7)17-16-11/h1-3,7,9-10,16H,4H2. The molecule has 0 amide bonds. The maximum atomic E-state index is 13.8. The van der Waals surface area contributed by atoms with Crippen LogP contribution in [-0.4, -0.2) is 12.5 Å². The van der Waals surface area contributed by atoms with Crippen LogP contribution in [0.5, 0.6) is 0 Å². The topological polar surface area (TPSA) is 21.3 Å². The molecule has 0 aromatic heterocycles. The van der Waals surface area contributed by atoms with Crippen molar-refractivity contribution < 1.29 is 18.0 Å². The van der Waals surface area contributed by atoms with E-state index in [2.05, 4.69) is 21.4 Å². The van der Waals surface area contributed by atoms with Gasteiger partial charge in [-0.1, -0.05) is 15.9 Å². The molecule has 3 rings (SSSR count). The summed E-state index contributed by atoms with van der Waals surface area (Å²) in [4.78, 5) is 5.04. The summed E-state index contributed by atoms with van der Waals surface area (Å²) < 4.78 is 41.0. The minimum Gasteiger partial charge on any atom is -0.297 e. The number of halogens is 4. The van der Waals surface area contributed by atoms with Crippen molar-refractivity contribution in [2.24, 2.45) is 5.92 Å². The van der Waals surface area contributed by atoms with Crippen molar-refractivity contribution in [3.8, 4) is 0 Å². The van der Waals surface area contributed by atoms with Gasteiger partial charge in [0.1, 0.15) is 11.4 Å². The average molecular weight is 308 g/mol. The van der Waals surface area contributed by atoms with Gasteiger partial charge in [0.05, 0.1) is 6.10 Å². The van der Waals surface area contributed by atoms with Gasteiger partial charge in [0.15, 0.2) is 0 Å². The van der Waals surface area contributed by atoms with Gasteiger partial charge in [0.2, 0.25) is 0 Å². The monoisotopic (exact) mass is 307 g/mol. The second-order valence-electron chi connectivity index (χ2n) is 4.39. The highest BCUT2D eigenvalue weighted by Crippen LogP contribution is 2.55. The van der Waals surface area contributed by atoms with Crippen LogP contribution >= 0.6 is 15.9 Å². The van der Waals surface area contributed by atoms with E-state index in [0.29, 0.717) is 10.9 Å². The van der Waals surface area contributed by atoms with Crippen LogP contribution in [0.1, 0.15) is 12.0 Å². The van der Waals surface area contributed by atoms with Gasteiger partial charge in [-0.15, -0.1) is 0 Å². The number of nitrogens with one attached hydrogen (secondary N) is 1. The van der Waals surface area contributed by atoms with Crippen molar-refractivity contribution in [2.45, 2.75) is 24.5 Å². The molecule has 3 atom stereocenters. The molecule has 2 nitrogen and oxygen atoms in total. The first-order chi connectivity index (χ1) is 8.05. The Balaban J connectivity index is 2.13. The van der Waals surface area contributed by atoms with Crippen LogP contribution in [0, 0.1) is 11.7 Å². The summed E-state index contributed by atoms with van der Waals surface area (Å²) in [6.45, 7) is 0. The Morgan fingerprint density at radius 2 is 2.24 bits per heavy atom. The second kappa shape index (κ2) is 3.70. The van der Waals surface area contributed by atoms with Gasteiger partial charge in [0, 0.05) is 16.0 Å². The van der Waals surface area contributed by atoms with E-state index in [4.69, 9.17) is 4.84 Å². The summed E-state index contributed by atoms with van der Waals surface area (Å²) in [7, 11) is 0. The Labute approximate surface area is 104 Å². The highest BCUT2D eigenvalue weighted by molar-refractivity contribution is 9.10. The molecule has 2 aliphatic rings. The molecule has 17 heavy (non-hydrogen) atoms. The summed E-state index contributed by atoms with van der Waals surface area (Å²) in [6.07, 6.45) is -2.39. The van der Waals surface area contributed by atoms with Gasteiger partial charge in [0.25, 0.3) is 6.43 Å². The third kappa shape index (κ3) is 1.54. The second-order valence-corrected chi connectivity index (χ2v) is 5.31. The van der Waals surface area contributed by atoms with Crippen molar-refractivity contribution in [3.63, 3.8) is 0 Å². The highest BCUT2D eigenvalue weighted by atomic mass is 79.9. The number of hydrogen-bond acceptors (Lipinski definition) is 2. The molecule has 6 heteroatoms. The van der Waals surface area contributed by atoms with Crippen LogP contribution in [-0.2, 0) is 10.4 Å². The summed E-state index contributed by atoms with van der Waals surface area (Å²) >= 11 is 3.17. The number of fused-ring (bicyclic) bond motifs is 1. The van der Waals surface area contributed by atoms with Crippen molar-refractivity contribution >= 4 is 15.9 Å². The normalized spacial score (nSPS) is 35.1. The minimum absolute atomic E-state index is 0.0353. The quantitative estimate of drug-likeness (QED) is 0.907. The maximum absolute atomic E-state index is 13.8. The Bertz CT molecular complexity index is 470. The van der Waals surface area contributed by atoms with Crippen LogP contribution in [0.3, 0.4) is 0 Å². The molecule has 1 saturated carbocycles. The Morgan fingerprint density at radius 1 is 1.47 bits per heavy atom. The molecular weight excluding hydrogens is 299 g/mol. The summed E-state index contributed by atoms with van der Waals surface area (Å²) in [5.41, 5.74) is 0.598. The van der Waals surface area contributed by atoms with E-state index in [1.807, 2.05) is 0 Å². The molecule has 1 saturated heterocycles. The molecule has 92 valence electrons. The van der Waals surface area contributed by atoms with Crippen LogP contribution < -0.4 is 5.48 Å². The lowest BCUT2D eigenvalue weighted by Crippen LogP contribution is -2.47. The fourth-order valence-electron chi connectivity index (χ4n) is 2.42. The lowest BCUT2D eigenvalue weighted by Gasteiger charge is -2.30.